The van der Waals surface area contributed by atoms with Crippen molar-refractivity contribution in [2.45, 2.75) is 20.4 Å². The van der Waals surface area contributed by atoms with Crippen LogP contribution < -0.4 is 16.0 Å². The summed E-state index contributed by atoms with van der Waals surface area (Å²) >= 11 is 7.38. The van der Waals surface area contributed by atoms with Crippen LogP contribution in [0.4, 0.5) is 23.0 Å². The van der Waals surface area contributed by atoms with Gasteiger partial charge in [0, 0.05) is 41.6 Å². The minimum Gasteiger partial charge on any atom is -0.380 e. The largest absolute Gasteiger partial charge is 0.380 e. The highest BCUT2D eigenvalue weighted by molar-refractivity contribution is 7.15. The quantitative estimate of drug-likeness (QED) is 0.380. The summed E-state index contributed by atoms with van der Waals surface area (Å²) in [6.45, 7) is 4.68. The molecule has 0 aliphatic carbocycles. The van der Waals surface area contributed by atoms with Crippen LogP contribution in [0.2, 0.25) is 4.47 Å². The molecule has 0 unspecified atom stereocenters. The van der Waals surface area contributed by atoms with Crippen molar-refractivity contribution in [1.29, 1.82) is 0 Å². The number of thiazole rings is 1. The maximum Gasteiger partial charge on any atom is 0.183 e. The molecule has 0 aliphatic rings. The van der Waals surface area contributed by atoms with Crippen molar-refractivity contribution in [1.82, 2.24) is 24.7 Å². The third kappa shape index (κ3) is 4.52. The van der Waals surface area contributed by atoms with E-state index >= 15 is 0 Å². The number of nitrogens with one attached hydrogen (secondary N) is 3. The fourth-order valence-electron chi connectivity index (χ4n) is 2.92. The molecule has 154 valence electrons. The first-order valence-electron chi connectivity index (χ1n) is 9.30. The van der Waals surface area contributed by atoms with Crippen LogP contribution in [-0.2, 0) is 6.54 Å². The summed E-state index contributed by atoms with van der Waals surface area (Å²) in [4.78, 5) is 13.7. The van der Waals surface area contributed by atoms with Crippen LogP contribution in [-0.4, -0.2) is 31.8 Å². The SMILES string of the molecule is CNc1cc(-n2nc(C)cc2Nc2cc(NCc3cnc(Cl)s3)ccc2C)ncn1. The van der Waals surface area contributed by atoms with Gasteiger partial charge in [-0.1, -0.05) is 17.7 Å². The standard InChI is InChI=1S/C20H21ClN8S/c1-12-4-5-14(23-9-15-10-24-20(21)30-15)7-16(12)27-19-6-13(2)28-29(19)18-8-17(22-3)25-11-26-18/h4-8,10-11,23,27H,9H2,1-3H3,(H,22,25,26). The molecule has 0 spiro atoms. The third-order valence-corrected chi connectivity index (χ3v) is 5.56. The Morgan fingerprint density at radius 3 is 2.73 bits per heavy atom. The van der Waals surface area contributed by atoms with Crippen molar-refractivity contribution in [3.05, 3.63) is 63.5 Å². The maximum absolute atomic E-state index is 5.91. The second-order valence-electron chi connectivity index (χ2n) is 6.68. The molecule has 3 aromatic heterocycles. The molecular weight excluding hydrogens is 420 g/mol. The van der Waals surface area contributed by atoms with Crippen molar-refractivity contribution in [2.75, 3.05) is 23.0 Å². The first kappa shape index (κ1) is 20.1. The Bertz CT molecular complexity index is 1170. The fraction of sp³-hybridized carbons (Fsp3) is 0.200. The number of rotatable bonds is 7. The molecule has 0 fully saturated rings. The molecule has 3 N–H and O–H groups in total. The highest BCUT2D eigenvalue weighted by Crippen LogP contribution is 2.27. The van der Waals surface area contributed by atoms with Crippen molar-refractivity contribution in [3.8, 4) is 5.82 Å². The molecule has 0 radical (unpaired) electrons. The van der Waals surface area contributed by atoms with E-state index in [1.54, 1.807) is 10.9 Å². The van der Waals surface area contributed by atoms with E-state index in [1.807, 2.05) is 26.1 Å². The Balaban J connectivity index is 1.58. The van der Waals surface area contributed by atoms with Gasteiger partial charge in [0.1, 0.15) is 18.0 Å². The van der Waals surface area contributed by atoms with E-state index in [0.717, 1.165) is 39.1 Å². The van der Waals surface area contributed by atoms with E-state index in [-0.39, 0.29) is 0 Å². The zero-order valence-electron chi connectivity index (χ0n) is 16.8. The summed E-state index contributed by atoms with van der Waals surface area (Å²) in [7, 11) is 1.82. The Kier molecular flexibility index (Phi) is 5.82. The van der Waals surface area contributed by atoms with Gasteiger partial charge in [-0.3, -0.25) is 0 Å². The van der Waals surface area contributed by atoms with Gasteiger partial charge in [0.2, 0.25) is 0 Å². The fourth-order valence-corrected chi connectivity index (χ4v) is 3.84. The van der Waals surface area contributed by atoms with Crippen molar-refractivity contribution in [2.24, 2.45) is 0 Å². The first-order valence-corrected chi connectivity index (χ1v) is 10.5. The summed E-state index contributed by atoms with van der Waals surface area (Å²) < 4.78 is 2.32. The second-order valence-corrected chi connectivity index (χ2v) is 8.38. The predicted octanol–water partition coefficient (Wildman–Crippen LogP) is 4.79. The number of benzene rings is 1. The lowest BCUT2D eigenvalue weighted by molar-refractivity contribution is 0.833. The second kappa shape index (κ2) is 8.68. The van der Waals surface area contributed by atoms with Crippen LogP contribution in [0.25, 0.3) is 5.82 Å². The average molecular weight is 441 g/mol. The minimum absolute atomic E-state index is 0.549. The lowest BCUT2D eigenvalue weighted by Gasteiger charge is -2.14. The average Bonchev–Trinajstić information content (AvgIpc) is 3.33. The Morgan fingerprint density at radius 2 is 1.97 bits per heavy atom. The van der Waals surface area contributed by atoms with E-state index in [9.17, 15) is 0 Å². The van der Waals surface area contributed by atoms with Gasteiger partial charge in [-0.2, -0.15) is 9.78 Å². The third-order valence-electron chi connectivity index (χ3n) is 4.45. The van der Waals surface area contributed by atoms with Crippen LogP contribution >= 0.6 is 22.9 Å². The molecule has 30 heavy (non-hydrogen) atoms. The summed E-state index contributed by atoms with van der Waals surface area (Å²) in [6.07, 6.45) is 3.30. The molecule has 4 aromatic rings. The topological polar surface area (TPSA) is 92.6 Å². The van der Waals surface area contributed by atoms with Crippen LogP contribution in [0.1, 0.15) is 16.1 Å². The highest BCUT2D eigenvalue weighted by Gasteiger charge is 2.12. The summed E-state index contributed by atoms with van der Waals surface area (Å²) in [5, 5.41) is 14.5. The summed E-state index contributed by atoms with van der Waals surface area (Å²) in [5.74, 6) is 2.23. The smallest absolute Gasteiger partial charge is 0.183 e. The van der Waals surface area contributed by atoms with Crippen molar-refractivity contribution in [3.63, 3.8) is 0 Å². The van der Waals surface area contributed by atoms with E-state index < -0.39 is 0 Å². The van der Waals surface area contributed by atoms with Gasteiger partial charge in [0.15, 0.2) is 10.3 Å². The minimum atomic E-state index is 0.549. The zero-order valence-corrected chi connectivity index (χ0v) is 18.3. The molecule has 0 amide bonds. The lowest BCUT2D eigenvalue weighted by atomic mass is 10.1. The van der Waals surface area contributed by atoms with E-state index in [1.165, 1.54) is 17.7 Å². The summed E-state index contributed by atoms with van der Waals surface area (Å²) in [5.41, 5.74) is 3.97. The van der Waals surface area contributed by atoms with Gasteiger partial charge < -0.3 is 16.0 Å². The lowest BCUT2D eigenvalue weighted by Crippen LogP contribution is -2.07. The van der Waals surface area contributed by atoms with Gasteiger partial charge in [-0.05, 0) is 31.5 Å². The van der Waals surface area contributed by atoms with E-state index in [2.05, 4.69) is 61.1 Å². The zero-order chi connectivity index (χ0) is 21.1. The molecule has 3 heterocycles. The summed E-state index contributed by atoms with van der Waals surface area (Å²) in [6, 6.07) is 10.0. The first-order chi connectivity index (χ1) is 14.5. The number of aromatic nitrogens is 5. The Labute approximate surface area is 183 Å². The maximum atomic E-state index is 5.91. The molecule has 4 rings (SSSR count). The number of anilines is 4. The highest BCUT2D eigenvalue weighted by atomic mass is 35.5. The van der Waals surface area contributed by atoms with Gasteiger partial charge in [-0.25, -0.2) is 15.0 Å². The molecule has 8 nitrogen and oxygen atoms in total. The number of hydrogen-bond donors (Lipinski definition) is 3. The van der Waals surface area contributed by atoms with Gasteiger partial charge in [-0.15, -0.1) is 11.3 Å². The van der Waals surface area contributed by atoms with Gasteiger partial charge in [0.25, 0.3) is 0 Å². The molecule has 0 atom stereocenters. The number of halogens is 1. The molecule has 10 heteroatoms. The molecule has 0 bridgehead atoms. The molecule has 0 aliphatic heterocycles. The Hall–Kier alpha value is -3.17. The van der Waals surface area contributed by atoms with Crippen LogP contribution in [0, 0.1) is 13.8 Å². The van der Waals surface area contributed by atoms with Gasteiger partial charge in [0.05, 0.1) is 12.2 Å². The van der Waals surface area contributed by atoms with E-state index in [4.69, 9.17) is 11.6 Å². The number of aryl methyl sites for hydroxylation is 2. The van der Waals surface area contributed by atoms with E-state index in [0.29, 0.717) is 16.8 Å². The Morgan fingerprint density at radius 1 is 1.10 bits per heavy atom. The number of nitrogens with zero attached hydrogens (tertiary/aromatic N) is 5. The van der Waals surface area contributed by atoms with Crippen LogP contribution in [0.15, 0.2) is 42.9 Å². The van der Waals surface area contributed by atoms with Crippen molar-refractivity contribution < 1.29 is 0 Å². The molecular formula is C20H21ClN8S. The predicted molar refractivity (Wildman–Crippen MR) is 122 cm³/mol. The normalized spacial score (nSPS) is 10.8. The number of hydrogen-bond acceptors (Lipinski definition) is 8. The van der Waals surface area contributed by atoms with Crippen LogP contribution in [0.3, 0.4) is 0 Å². The van der Waals surface area contributed by atoms with Crippen LogP contribution in [0.5, 0.6) is 0 Å². The molecule has 0 saturated heterocycles. The van der Waals surface area contributed by atoms with Crippen molar-refractivity contribution >= 4 is 45.9 Å². The molecule has 0 saturated carbocycles. The molecule has 1 aromatic carbocycles. The van der Waals surface area contributed by atoms with Gasteiger partial charge >= 0.3 is 0 Å². The monoisotopic (exact) mass is 440 g/mol.